The first kappa shape index (κ1) is 11.8. The van der Waals surface area contributed by atoms with Gasteiger partial charge in [0.15, 0.2) is 11.5 Å². The maximum Gasteiger partial charge on any atom is 0.160 e. The van der Waals surface area contributed by atoms with Gasteiger partial charge in [-0.3, -0.25) is 0 Å². The zero-order valence-electron chi connectivity index (χ0n) is 8.68. The number of ether oxygens (including phenoxy) is 1. The largest absolute Gasteiger partial charge is 0.504 e. The van der Waals surface area contributed by atoms with Crippen molar-refractivity contribution in [2.45, 2.75) is 18.9 Å². The van der Waals surface area contributed by atoms with Crippen LogP contribution >= 0.6 is 0 Å². The van der Waals surface area contributed by atoms with Gasteiger partial charge >= 0.3 is 0 Å². The summed E-state index contributed by atoms with van der Waals surface area (Å²) < 4.78 is 4.96. The molecule has 1 atom stereocenters. The molecule has 0 radical (unpaired) electrons. The Bertz CT molecular complexity index is 311. The van der Waals surface area contributed by atoms with E-state index in [1.807, 2.05) is 0 Å². The molecule has 0 saturated carbocycles. The van der Waals surface area contributed by atoms with Crippen LogP contribution in [0.15, 0.2) is 18.2 Å². The molecule has 0 fully saturated rings. The smallest absolute Gasteiger partial charge is 0.160 e. The van der Waals surface area contributed by atoms with Crippen molar-refractivity contribution in [1.82, 2.24) is 0 Å². The van der Waals surface area contributed by atoms with Gasteiger partial charge in [0.2, 0.25) is 0 Å². The number of aryl methyl sites for hydroxylation is 1. The van der Waals surface area contributed by atoms with Gasteiger partial charge in [0.25, 0.3) is 0 Å². The fourth-order valence-corrected chi connectivity index (χ4v) is 1.30. The average Bonchev–Trinajstić information content (AvgIpc) is 2.27. The normalized spacial score (nSPS) is 12.5. The van der Waals surface area contributed by atoms with Crippen LogP contribution in [0.2, 0.25) is 0 Å². The Labute approximate surface area is 88.8 Å². The summed E-state index contributed by atoms with van der Waals surface area (Å²) in [4.78, 5) is 0. The van der Waals surface area contributed by atoms with Gasteiger partial charge < -0.3 is 20.1 Å². The number of aliphatic hydroxyl groups is 2. The number of aliphatic hydroxyl groups excluding tert-OH is 2. The second kappa shape index (κ2) is 5.58. The number of rotatable bonds is 5. The zero-order chi connectivity index (χ0) is 11.3. The molecule has 0 aliphatic carbocycles. The van der Waals surface area contributed by atoms with Crippen molar-refractivity contribution in [3.63, 3.8) is 0 Å². The highest BCUT2D eigenvalue weighted by atomic mass is 16.5. The summed E-state index contributed by atoms with van der Waals surface area (Å²) in [6.45, 7) is -0.227. The summed E-state index contributed by atoms with van der Waals surface area (Å²) in [7, 11) is 1.49. The number of aromatic hydroxyl groups is 1. The van der Waals surface area contributed by atoms with Crippen molar-refractivity contribution >= 4 is 0 Å². The minimum atomic E-state index is -0.690. The molecule has 0 aromatic heterocycles. The minimum Gasteiger partial charge on any atom is -0.504 e. The van der Waals surface area contributed by atoms with E-state index < -0.39 is 6.10 Å². The van der Waals surface area contributed by atoms with E-state index in [-0.39, 0.29) is 12.4 Å². The summed E-state index contributed by atoms with van der Waals surface area (Å²) in [5, 5.41) is 27.2. The number of phenolic OH excluding ortho intramolecular Hbond substituents is 1. The monoisotopic (exact) mass is 212 g/mol. The Morgan fingerprint density at radius 2 is 2.13 bits per heavy atom. The first-order valence-corrected chi connectivity index (χ1v) is 4.82. The maximum atomic E-state index is 9.34. The predicted molar refractivity (Wildman–Crippen MR) is 56.1 cm³/mol. The SMILES string of the molecule is COc1cc(CCC(O)CO)ccc1O. The third-order valence-electron chi connectivity index (χ3n) is 2.22. The predicted octanol–water partition coefficient (Wildman–Crippen LogP) is 0.687. The van der Waals surface area contributed by atoms with Gasteiger partial charge in [0, 0.05) is 0 Å². The van der Waals surface area contributed by atoms with Crippen LogP contribution in [0.5, 0.6) is 11.5 Å². The molecule has 15 heavy (non-hydrogen) atoms. The standard InChI is InChI=1S/C11H16O4/c1-15-11-6-8(3-5-10(11)14)2-4-9(13)7-12/h3,5-6,9,12-14H,2,4,7H2,1H3. The Hall–Kier alpha value is -1.26. The number of benzene rings is 1. The Morgan fingerprint density at radius 3 is 2.73 bits per heavy atom. The van der Waals surface area contributed by atoms with E-state index in [4.69, 9.17) is 14.9 Å². The molecule has 1 aromatic carbocycles. The third kappa shape index (κ3) is 3.42. The molecule has 0 spiro atoms. The lowest BCUT2D eigenvalue weighted by Gasteiger charge is -2.08. The van der Waals surface area contributed by atoms with Gasteiger partial charge in [-0.15, -0.1) is 0 Å². The van der Waals surface area contributed by atoms with Crippen LogP contribution in [-0.2, 0) is 6.42 Å². The molecule has 0 bridgehead atoms. The first-order valence-electron chi connectivity index (χ1n) is 4.82. The Kier molecular flexibility index (Phi) is 4.39. The molecule has 0 aliphatic heterocycles. The van der Waals surface area contributed by atoms with Crippen LogP contribution < -0.4 is 4.74 Å². The quantitative estimate of drug-likeness (QED) is 0.671. The van der Waals surface area contributed by atoms with E-state index >= 15 is 0 Å². The van der Waals surface area contributed by atoms with Crippen LogP contribution in [0, 0.1) is 0 Å². The summed E-state index contributed by atoms with van der Waals surface area (Å²) >= 11 is 0. The highest BCUT2D eigenvalue weighted by Gasteiger charge is 2.05. The summed E-state index contributed by atoms with van der Waals surface area (Å²) in [6.07, 6.45) is 0.438. The molecular formula is C11H16O4. The van der Waals surface area contributed by atoms with Crippen LogP contribution in [0.25, 0.3) is 0 Å². The molecule has 4 heteroatoms. The molecule has 0 aliphatic rings. The van der Waals surface area contributed by atoms with Gasteiger partial charge in [-0.25, -0.2) is 0 Å². The molecule has 1 aromatic rings. The molecule has 0 amide bonds. The van der Waals surface area contributed by atoms with Gasteiger partial charge in [0.1, 0.15) is 0 Å². The summed E-state index contributed by atoms with van der Waals surface area (Å²) in [5.74, 6) is 0.523. The molecule has 84 valence electrons. The number of hydrogen-bond acceptors (Lipinski definition) is 4. The van der Waals surface area contributed by atoms with Crippen molar-refractivity contribution in [1.29, 1.82) is 0 Å². The van der Waals surface area contributed by atoms with Gasteiger partial charge in [-0.05, 0) is 30.5 Å². The fraction of sp³-hybridized carbons (Fsp3) is 0.455. The molecular weight excluding hydrogens is 196 g/mol. The second-order valence-electron chi connectivity index (χ2n) is 3.38. The minimum absolute atomic E-state index is 0.101. The maximum absolute atomic E-state index is 9.34. The van der Waals surface area contributed by atoms with Crippen molar-refractivity contribution < 1.29 is 20.1 Å². The third-order valence-corrected chi connectivity index (χ3v) is 2.22. The zero-order valence-corrected chi connectivity index (χ0v) is 8.68. The van der Waals surface area contributed by atoms with Gasteiger partial charge in [-0.1, -0.05) is 6.07 Å². The van der Waals surface area contributed by atoms with Crippen molar-refractivity contribution in [2.75, 3.05) is 13.7 Å². The lowest BCUT2D eigenvalue weighted by molar-refractivity contribution is 0.0885. The van der Waals surface area contributed by atoms with Gasteiger partial charge in [-0.2, -0.15) is 0 Å². The van der Waals surface area contributed by atoms with E-state index in [1.54, 1.807) is 18.2 Å². The van der Waals surface area contributed by atoms with Gasteiger partial charge in [0.05, 0.1) is 19.8 Å². The number of methoxy groups -OCH3 is 1. The lowest BCUT2D eigenvalue weighted by atomic mass is 10.1. The van der Waals surface area contributed by atoms with Crippen LogP contribution in [0.4, 0.5) is 0 Å². The summed E-state index contributed by atoms with van der Waals surface area (Å²) in [5.41, 5.74) is 0.956. The van der Waals surface area contributed by atoms with Crippen molar-refractivity contribution in [3.8, 4) is 11.5 Å². The van der Waals surface area contributed by atoms with E-state index in [9.17, 15) is 5.11 Å². The average molecular weight is 212 g/mol. The topological polar surface area (TPSA) is 69.9 Å². The molecule has 1 unspecified atom stereocenters. The Morgan fingerprint density at radius 1 is 1.40 bits per heavy atom. The van der Waals surface area contributed by atoms with E-state index in [2.05, 4.69) is 0 Å². The molecule has 4 nitrogen and oxygen atoms in total. The molecule has 0 saturated heterocycles. The van der Waals surface area contributed by atoms with Crippen LogP contribution in [0.1, 0.15) is 12.0 Å². The second-order valence-corrected chi connectivity index (χ2v) is 3.38. The van der Waals surface area contributed by atoms with Crippen molar-refractivity contribution in [3.05, 3.63) is 23.8 Å². The van der Waals surface area contributed by atoms with E-state index in [0.29, 0.717) is 18.6 Å². The Balaban J connectivity index is 2.62. The molecule has 1 rings (SSSR count). The lowest BCUT2D eigenvalue weighted by Crippen LogP contribution is -2.12. The number of hydrogen-bond donors (Lipinski definition) is 3. The molecule has 0 heterocycles. The van der Waals surface area contributed by atoms with E-state index in [0.717, 1.165) is 5.56 Å². The highest BCUT2D eigenvalue weighted by Crippen LogP contribution is 2.26. The van der Waals surface area contributed by atoms with Crippen LogP contribution in [0.3, 0.4) is 0 Å². The highest BCUT2D eigenvalue weighted by molar-refractivity contribution is 5.41. The summed E-state index contributed by atoms with van der Waals surface area (Å²) in [6, 6.07) is 5.04. The number of phenols is 1. The van der Waals surface area contributed by atoms with Crippen LogP contribution in [-0.4, -0.2) is 35.1 Å². The fourth-order valence-electron chi connectivity index (χ4n) is 1.30. The molecule has 3 N–H and O–H groups in total. The van der Waals surface area contributed by atoms with E-state index in [1.165, 1.54) is 7.11 Å². The first-order chi connectivity index (χ1) is 7.17. The van der Waals surface area contributed by atoms with Crippen molar-refractivity contribution in [2.24, 2.45) is 0 Å².